The van der Waals surface area contributed by atoms with Crippen LogP contribution >= 0.6 is 0 Å². The molecule has 0 aliphatic rings. The molecule has 0 radical (unpaired) electrons. The first kappa shape index (κ1) is 26.1. The van der Waals surface area contributed by atoms with Crippen LogP contribution in [-0.4, -0.2) is 36.8 Å². The number of hydrogen-bond acceptors (Lipinski definition) is 5. The number of phenolic OH excluding ortho intramolecular Hbond substituents is 1. The predicted octanol–water partition coefficient (Wildman–Crippen LogP) is 4.01. The lowest BCUT2D eigenvalue weighted by atomic mass is 9.97. The first-order chi connectivity index (χ1) is 13.6. The fourth-order valence-corrected chi connectivity index (χ4v) is 2.22. The molecule has 0 spiro atoms. The van der Waals surface area contributed by atoms with E-state index in [1.54, 1.807) is 6.07 Å². The molecule has 2 rings (SSSR count). The molecular formula is C23H33NO5. The second kappa shape index (κ2) is 13.3. The number of aryl methyl sites for hydroxylation is 2. The Morgan fingerprint density at radius 3 is 2.14 bits per heavy atom. The van der Waals surface area contributed by atoms with Crippen molar-refractivity contribution in [1.29, 1.82) is 0 Å². The second-order valence-electron chi connectivity index (χ2n) is 7.17. The summed E-state index contributed by atoms with van der Waals surface area (Å²) in [5.74, 6) is 0.00244. The van der Waals surface area contributed by atoms with E-state index >= 15 is 0 Å². The highest BCUT2D eigenvalue weighted by Gasteiger charge is 2.12. The Morgan fingerprint density at radius 1 is 1.14 bits per heavy atom. The van der Waals surface area contributed by atoms with E-state index in [0.717, 1.165) is 6.42 Å². The van der Waals surface area contributed by atoms with Gasteiger partial charge in [-0.05, 0) is 62.9 Å². The van der Waals surface area contributed by atoms with Gasteiger partial charge in [0.2, 0.25) is 6.41 Å². The number of phenols is 1. The molecule has 1 amide bonds. The monoisotopic (exact) mass is 403 g/mol. The third kappa shape index (κ3) is 11.5. The summed E-state index contributed by atoms with van der Waals surface area (Å²) in [5.41, 5.74) is 8.76. The van der Waals surface area contributed by atoms with Crippen LogP contribution in [0.25, 0.3) is 11.1 Å². The standard InChI is InChI=1S/C15H16O.C7H14O3.CH3NO/c1-3-12-10-14(16)8-9-15(12)13-6-4-11(2)5-7-13;1-7(2,3)10-5-6(8)9-4;2-1-3/h4-10,16H,3H2,1-2H3;5H2,1-4H3;1H,(H2,2,3). The van der Waals surface area contributed by atoms with E-state index in [1.165, 1.54) is 29.4 Å². The number of carbonyl (C=O) groups is 2. The summed E-state index contributed by atoms with van der Waals surface area (Å²) in [6.07, 6.45) is 1.18. The molecule has 0 heterocycles. The maximum atomic E-state index is 10.5. The van der Waals surface area contributed by atoms with Gasteiger partial charge in [0.25, 0.3) is 0 Å². The van der Waals surface area contributed by atoms with Crippen LogP contribution in [0.4, 0.5) is 0 Å². The van der Waals surface area contributed by atoms with Crippen molar-refractivity contribution >= 4 is 12.4 Å². The maximum Gasteiger partial charge on any atom is 0.331 e. The molecule has 0 aliphatic carbocycles. The zero-order valence-corrected chi connectivity index (χ0v) is 18.2. The summed E-state index contributed by atoms with van der Waals surface area (Å²) in [7, 11) is 1.34. The van der Waals surface area contributed by atoms with Gasteiger partial charge in [0, 0.05) is 0 Å². The van der Waals surface area contributed by atoms with Crippen molar-refractivity contribution in [2.75, 3.05) is 13.7 Å². The normalized spacial score (nSPS) is 10.0. The van der Waals surface area contributed by atoms with Crippen LogP contribution in [0.3, 0.4) is 0 Å². The number of primary amides is 1. The number of carbonyl (C=O) groups excluding carboxylic acids is 2. The van der Waals surface area contributed by atoms with Crippen molar-refractivity contribution in [1.82, 2.24) is 0 Å². The number of ether oxygens (including phenoxy) is 2. The third-order valence-electron chi connectivity index (χ3n) is 3.68. The average molecular weight is 404 g/mol. The van der Waals surface area contributed by atoms with Crippen LogP contribution in [-0.2, 0) is 25.5 Å². The summed E-state index contributed by atoms with van der Waals surface area (Å²) in [6, 6.07) is 14.0. The second-order valence-corrected chi connectivity index (χ2v) is 7.17. The lowest BCUT2D eigenvalue weighted by molar-refractivity contribution is -0.150. The smallest absolute Gasteiger partial charge is 0.331 e. The first-order valence-corrected chi connectivity index (χ1v) is 9.33. The minimum Gasteiger partial charge on any atom is -0.508 e. The Hall–Kier alpha value is -2.86. The maximum absolute atomic E-state index is 10.5. The number of amides is 1. The Kier molecular flexibility index (Phi) is 12.0. The van der Waals surface area contributed by atoms with E-state index in [1.807, 2.05) is 32.9 Å². The van der Waals surface area contributed by atoms with Crippen molar-refractivity contribution < 1.29 is 24.2 Å². The molecule has 6 heteroatoms. The molecule has 3 N–H and O–H groups in total. The average Bonchev–Trinajstić information content (AvgIpc) is 2.67. The van der Waals surface area contributed by atoms with Gasteiger partial charge in [0.05, 0.1) is 12.7 Å². The van der Waals surface area contributed by atoms with Crippen LogP contribution in [0.5, 0.6) is 5.75 Å². The predicted molar refractivity (Wildman–Crippen MR) is 116 cm³/mol. The van der Waals surface area contributed by atoms with Gasteiger partial charge < -0.3 is 20.3 Å². The fraction of sp³-hybridized carbons (Fsp3) is 0.391. The van der Waals surface area contributed by atoms with Crippen molar-refractivity contribution in [2.45, 2.75) is 46.6 Å². The van der Waals surface area contributed by atoms with Crippen molar-refractivity contribution in [2.24, 2.45) is 5.73 Å². The SMILES string of the molecule is CCc1cc(O)ccc1-c1ccc(C)cc1.COC(=O)COC(C)(C)C.NC=O. The summed E-state index contributed by atoms with van der Waals surface area (Å²) in [4.78, 5) is 19.1. The van der Waals surface area contributed by atoms with Gasteiger partial charge in [-0.3, -0.25) is 4.79 Å². The van der Waals surface area contributed by atoms with Crippen molar-refractivity contribution in [3.63, 3.8) is 0 Å². The molecule has 160 valence electrons. The number of esters is 1. The third-order valence-corrected chi connectivity index (χ3v) is 3.68. The molecule has 2 aromatic rings. The van der Waals surface area contributed by atoms with Gasteiger partial charge in [-0.25, -0.2) is 4.79 Å². The van der Waals surface area contributed by atoms with E-state index in [9.17, 15) is 9.90 Å². The molecule has 6 nitrogen and oxygen atoms in total. The van der Waals surface area contributed by atoms with Gasteiger partial charge in [-0.1, -0.05) is 42.8 Å². The number of rotatable bonds is 4. The van der Waals surface area contributed by atoms with Crippen LogP contribution in [0.15, 0.2) is 42.5 Å². The van der Waals surface area contributed by atoms with Gasteiger partial charge in [-0.2, -0.15) is 0 Å². The zero-order chi connectivity index (χ0) is 22.4. The quantitative estimate of drug-likeness (QED) is 0.594. The molecule has 0 unspecified atom stereocenters. The number of benzene rings is 2. The van der Waals surface area contributed by atoms with Crippen LogP contribution in [0.2, 0.25) is 0 Å². The van der Waals surface area contributed by atoms with Crippen molar-refractivity contribution in [3.8, 4) is 16.9 Å². The van der Waals surface area contributed by atoms with E-state index in [4.69, 9.17) is 9.53 Å². The molecule has 0 atom stereocenters. The van der Waals surface area contributed by atoms with Gasteiger partial charge in [0.15, 0.2) is 0 Å². The number of hydrogen-bond donors (Lipinski definition) is 2. The molecule has 0 bridgehead atoms. The Labute approximate surface area is 173 Å². The molecule has 0 aromatic heterocycles. The van der Waals surface area contributed by atoms with Crippen LogP contribution in [0.1, 0.15) is 38.8 Å². The Morgan fingerprint density at radius 2 is 1.69 bits per heavy atom. The molecule has 0 aliphatic heterocycles. The zero-order valence-electron chi connectivity index (χ0n) is 18.2. The topological polar surface area (TPSA) is 98.8 Å². The van der Waals surface area contributed by atoms with E-state index in [0.29, 0.717) is 5.75 Å². The Bertz CT molecular complexity index is 749. The van der Waals surface area contributed by atoms with Gasteiger partial charge in [-0.15, -0.1) is 0 Å². The molecule has 0 fully saturated rings. The van der Waals surface area contributed by atoms with E-state index in [2.05, 4.69) is 48.6 Å². The van der Waals surface area contributed by atoms with Gasteiger partial charge >= 0.3 is 5.97 Å². The minimum absolute atomic E-state index is 0.0278. The highest BCUT2D eigenvalue weighted by Crippen LogP contribution is 2.27. The summed E-state index contributed by atoms with van der Waals surface area (Å²) >= 11 is 0. The highest BCUT2D eigenvalue weighted by atomic mass is 16.6. The summed E-state index contributed by atoms with van der Waals surface area (Å²) < 4.78 is 9.49. The lowest BCUT2D eigenvalue weighted by Gasteiger charge is -2.17. The first-order valence-electron chi connectivity index (χ1n) is 9.33. The molecule has 29 heavy (non-hydrogen) atoms. The van der Waals surface area contributed by atoms with Crippen LogP contribution < -0.4 is 5.73 Å². The van der Waals surface area contributed by atoms with E-state index in [-0.39, 0.29) is 24.6 Å². The van der Waals surface area contributed by atoms with E-state index < -0.39 is 0 Å². The minimum atomic E-state index is -0.338. The molecule has 2 aromatic carbocycles. The highest BCUT2D eigenvalue weighted by molar-refractivity contribution is 5.70. The fourth-order valence-electron chi connectivity index (χ4n) is 2.22. The molecular weight excluding hydrogens is 370 g/mol. The van der Waals surface area contributed by atoms with Gasteiger partial charge in [0.1, 0.15) is 12.4 Å². The van der Waals surface area contributed by atoms with Crippen LogP contribution in [0, 0.1) is 6.92 Å². The Balaban J connectivity index is 0.000000520. The number of methoxy groups -OCH3 is 1. The molecule has 0 saturated carbocycles. The van der Waals surface area contributed by atoms with Crippen molar-refractivity contribution in [3.05, 3.63) is 53.6 Å². The molecule has 0 saturated heterocycles. The largest absolute Gasteiger partial charge is 0.508 e. The lowest BCUT2D eigenvalue weighted by Crippen LogP contribution is -2.24. The summed E-state index contributed by atoms with van der Waals surface area (Å²) in [5, 5.41) is 9.46. The summed E-state index contributed by atoms with van der Waals surface area (Å²) in [6.45, 7) is 9.87. The number of aromatic hydroxyl groups is 1. The number of nitrogens with two attached hydrogens (primary N) is 1.